The van der Waals surface area contributed by atoms with Crippen LogP contribution in [0.25, 0.3) is 17.3 Å². The molecule has 1 unspecified atom stereocenters. The first kappa shape index (κ1) is 31.2. The van der Waals surface area contributed by atoms with Crippen LogP contribution in [0.3, 0.4) is 0 Å². The van der Waals surface area contributed by atoms with E-state index < -0.39 is 17.2 Å². The van der Waals surface area contributed by atoms with Gasteiger partial charge in [0.2, 0.25) is 5.89 Å². The molecule has 7 nitrogen and oxygen atoms in total. The van der Waals surface area contributed by atoms with Crippen LogP contribution in [-0.4, -0.2) is 20.1 Å². The average Bonchev–Trinajstić information content (AvgIpc) is 3.38. The molecule has 0 amide bonds. The van der Waals surface area contributed by atoms with Crippen molar-refractivity contribution >= 4 is 5.70 Å². The molecule has 0 saturated carbocycles. The van der Waals surface area contributed by atoms with Crippen molar-refractivity contribution in [2.75, 3.05) is 0 Å². The Hall–Kier alpha value is -4.03. The highest BCUT2D eigenvalue weighted by Crippen LogP contribution is 2.36. The molecule has 0 fully saturated rings. The van der Waals surface area contributed by atoms with Gasteiger partial charge in [-0.05, 0) is 62.8 Å². The van der Waals surface area contributed by atoms with E-state index in [-0.39, 0.29) is 23.1 Å². The lowest BCUT2D eigenvalue weighted by atomic mass is 9.84. The molecule has 2 aromatic heterocycles. The second-order valence-electron chi connectivity index (χ2n) is 10.3. The Morgan fingerprint density at radius 3 is 2.33 bits per heavy atom. The van der Waals surface area contributed by atoms with Crippen LogP contribution in [0.15, 0.2) is 58.6 Å². The molecule has 1 aliphatic rings. The van der Waals surface area contributed by atoms with Gasteiger partial charge in [-0.2, -0.15) is 0 Å². The highest BCUT2D eigenvalue weighted by atomic mass is 19.1. The molecule has 0 aliphatic heterocycles. The minimum Gasteiger partial charge on any atom is -0.443 e. The van der Waals surface area contributed by atoms with Gasteiger partial charge in [0.1, 0.15) is 34.9 Å². The van der Waals surface area contributed by atoms with Gasteiger partial charge in [0.05, 0.1) is 17.5 Å². The van der Waals surface area contributed by atoms with Crippen LogP contribution in [0, 0.1) is 30.4 Å². The van der Waals surface area contributed by atoms with E-state index in [0.717, 1.165) is 30.9 Å². The Morgan fingerprint density at radius 1 is 1.15 bits per heavy atom. The smallest absolute Gasteiger partial charge is 0.247 e. The zero-order chi connectivity index (χ0) is 29.3. The third-order valence-corrected chi connectivity index (χ3v) is 5.63. The first-order chi connectivity index (χ1) is 18.4. The average molecular weight is 538 g/mol. The number of oxazole rings is 1. The number of halogens is 2. The predicted molar refractivity (Wildman–Crippen MR) is 150 cm³/mol. The Morgan fingerprint density at radius 2 is 1.77 bits per heavy atom. The molecule has 39 heavy (non-hydrogen) atoms. The minimum absolute atomic E-state index is 0.0250. The topological polar surface area (TPSA) is 124 Å². The first-order valence-electron chi connectivity index (χ1n) is 12.6. The molecule has 0 spiro atoms. The summed E-state index contributed by atoms with van der Waals surface area (Å²) in [5.41, 5.74) is 13.7. The molecule has 0 saturated heterocycles. The predicted octanol–water partition coefficient (Wildman–Crippen LogP) is 6.03. The maximum Gasteiger partial charge on any atom is 0.247 e. The maximum absolute atomic E-state index is 14.1. The standard InChI is InChI=1S/C24H25F2N5O2.C4H10.C2H2/c1-24(2,32)20-12-33-23(31-20)19-11-29-10-18(30-19)14-6-3-5-13(22(14)28)9-17(27)21-15(25)7-4-8-16(21)26;1-4(2)3;1-2/h4,7-12,14,32H,3,5-6,27-28H2,1-2H3;4H,1-3H3;1-2H/b17-9-;;. The summed E-state index contributed by atoms with van der Waals surface area (Å²) in [5.74, 6) is -0.644. The third-order valence-electron chi connectivity index (χ3n) is 5.63. The zero-order valence-electron chi connectivity index (χ0n) is 23.1. The van der Waals surface area contributed by atoms with E-state index in [1.807, 2.05) is 0 Å². The summed E-state index contributed by atoms with van der Waals surface area (Å²) in [7, 11) is 0. The number of rotatable bonds is 5. The van der Waals surface area contributed by atoms with E-state index in [9.17, 15) is 13.9 Å². The quantitative estimate of drug-likeness (QED) is 0.340. The van der Waals surface area contributed by atoms with E-state index in [4.69, 9.17) is 15.9 Å². The second-order valence-corrected chi connectivity index (χ2v) is 10.3. The fraction of sp³-hybridized carbons (Fsp3) is 0.367. The zero-order valence-corrected chi connectivity index (χ0v) is 23.1. The minimum atomic E-state index is -1.15. The number of aromatic nitrogens is 3. The molecule has 208 valence electrons. The third kappa shape index (κ3) is 8.23. The highest BCUT2D eigenvalue weighted by molar-refractivity contribution is 5.67. The number of nitrogens with two attached hydrogens (primary N) is 2. The van der Waals surface area contributed by atoms with Gasteiger partial charge in [-0.15, -0.1) is 12.8 Å². The Balaban J connectivity index is 0.000000815. The molecule has 9 heteroatoms. The van der Waals surface area contributed by atoms with Gasteiger partial charge < -0.3 is 21.0 Å². The molecule has 4 rings (SSSR count). The van der Waals surface area contributed by atoms with Crippen molar-refractivity contribution in [3.63, 3.8) is 0 Å². The van der Waals surface area contributed by atoms with Gasteiger partial charge >= 0.3 is 0 Å². The van der Waals surface area contributed by atoms with E-state index >= 15 is 0 Å². The van der Waals surface area contributed by atoms with Crippen LogP contribution in [-0.2, 0) is 5.60 Å². The van der Waals surface area contributed by atoms with Crippen LogP contribution in [0.1, 0.15) is 76.8 Å². The van der Waals surface area contributed by atoms with Crippen molar-refractivity contribution in [1.29, 1.82) is 0 Å². The number of allylic oxidation sites excluding steroid dienone is 3. The molecule has 2 heterocycles. The van der Waals surface area contributed by atoms with Crippen LogP contribution in [0.4, 0.5) is 8.78 Å². The second kappa shape index (κ2) is 13.7. The van der Waals surface area contributed by atoms with Gasteiger partial charge in [0.25, 0.3) is 0 Å². The number of nitrogens with zero attached hydrogens (tertiary/aromatic N) is 3. The lowest BCUT2D eigenvalue weighted by molar-refractivity contribution is 0.0738. The normalized spacial score (nSPS) is 15.8. The van der Waals surface area contributed by atoms with E-state index in [2.05, 4.69) is 48.6 Å². The Labute approximate surface area is 229 Å². The molecular weight excluding hydrogens is 500 g/mol. The van der Waals surface area contributed by atoms with Crippen LogP contribution in [0.2, 0.25) is 0 Å². The van der Waals surface area contributed by atoms with Gasteiger partial charge in [-0.25, -0.2) is 18.7 Å². The summed E-state index contributed by atoms with van der Waals surface area (Å²) in [5, 5.41) is 10.1. The fourth-order valence-corrected chi connectivity index (χ4v) is 3.84. The number of terminal acetylenes is 1. The largest absolute Gasteiger partial charge is 0.443 e. The summed E-state index contributed by atoms with van der Waals surface area (Å²) >= 11 is 0. The van der Waals surface area contributed by atoms with E-state index in [0.29, 0.717) is 34.8 Å². The van der Waals surface area contributed by atoms with Crippen molar-refractivity contribution in [1.82, 2.24) is 15.0 Å². The van der Waals surface area contributed by atoms with Crippen LogP contribution >= 0.6 is 0 Å². The monoisotopic (exact) mass is 537 g/mol. The molecule has 5 N–H and O–H groups in total. The lowest BCUT2D eigenvalue weighted by Crippen LogP contribution is -2.19. The molecule has 1 aliphatic carbocycles. The molecular formula is C30H37F2N5O2. The first-order valence-corrected chi connectivity index (χ1v) is 12.6. The van der Waals surface area contributed by atoms with Crippen LogP contribution in [0.5, 0.6) is 0 Å². The lowest BCUT2D eigenvalue weighted by Gasteiger charge is -2.25. The SMILES string of the molecule is C#C.CC(C)(O)c1coc(-c2cncc(C3CCCC(/C=C(\N)c4c(F)cccc4F)=C3N)n2)n1.CC(C)C. The maximum atomic E-state index is 14.1. The van der Waals surface area contributed by atoms with Crippen molar-refractivity contribution in [2.45, 2.75) is 65.4 Å². The van der Waals surface area contributed by atoms with E-state index in [1.165, 1.54) is 24.6 Å². The van der Waals surface area contributed by atoms with Crippen molar-refractivity contribution in [2.24, 2.45) is 17.4 Å². The number of hydrogen-bond donors (Lipinski definition) is 3. The van der Waals surface area contributed by atoms with Gasteiger partial charge in [-0.1, -0.05) is 26.8 Å². The van der Waals surface area contributed by atoms with Gasteiger partial charge in [-0.3, -0.25) is 4.98 Å². The fourth-order valence-electron chi connectivity index (χ4n) is 3.84. The van der Waals surface area contributed by atoms with E-state index in [1.54, 1.807) is 20.0 Å². The summed E-state index contributed by atoms with van der Waals surface area (Å²) in [4.78, 5) is 13.2. The Bertz CT molecular complexity index is 1310. The van der Waals surface area contributed by atoms with Gasteiger partial charge in [0, 0.05) is 23.5 Å². The van der Waals surface area contributed by atoms with Crippen molar-refractivity contribution in [3.8, 4) is 24.4 Å². The highest BCUT2D eigenvalue weighted by Gasteiger charge is 2.26. The molecule has 0 radical (unpaired) electrons. The molecule has 1 atom stereocenters. The molecule has 3 aromatic rings. The molecule has 1 aromatic carbocycles. The van der Waals surface area contributed by atoms with Crippen molar-refractivity contribution in [3.05, 3.63) is 82.8 Å². The number of aliphatic hydroxyl groups is 1. The summed E-state index contributed by atoms with van der Waals surface area (Å²) in [6, 6.07) is 3.61. The van der Waals surface area contributed by atoms with Gasteiger partial charge in [0.15, 0.2) is 0 Å². The number of benzene rings is 1. The number of hydrogen-bond acceptors (Lipinski definition) is 7. The summed E-state index contributed by atoms with van der Waals surface area (Å²) in [6.07, 6.45) is 16.2. The summed E-state index contributed by atoms with van der Waals surface area (Å²) < 4.78 is 33.7. The molecule has 0 bridgehead atoms. The van der Waals surface area contributed by atoms with Crippen LogP contribution < -0.4 is 11.5 Å². The summed E-state index contributed by atoms with van der Waals surface area (Å²) in [6.45, 7) is 9.72. The van der Waals surface area contributed by atoms with Crippen molar-refractivity contribution < 1.29 is 18.3 Å². The Kier molecular flexibility index (Phi) is 10.9.